The van der Waals surface area contributed by atoms with Crippen molar-refractivity contribution in [3.05, 3.63) is 63.0 Å². The molecule has 0 aliphatic carbocycles. The third-order valence-corrected chi connectivity index (χ3v) is 6.29. The van der Waals surface area contributed by atoms with E-state index in [9.17, 15) is 14.7 Å². The van der Waals surface area contributed by atoms with Crippen LogP contribution < -0.4 is 15.1 Å². The fraction of sp³-hybridized carbons (Fsp3) is 0.360. The summed E-state index contributed by atoms with van der Waals surface area (Å²) in [5.41, 5.74) is 3.20. The van der Waals surface area contributed by atoms with Crippen molar-refractivity contribution in [3.63, 3.8) is 0 Å². The third kappa shape index (κ3) is 4.26. The second-order valence-electron chi connectivity index (χ2n) is 8.10. The Labute approximate surface area is 191 Å². The molecule has 174 valence electrons. The minimum absolute atomic E-state index is 0.0688. The number of aromatic hydroxyl groups is 1. The van der Waals surface area contributed by atoms with Gasteiger partial charge < -0.3 is 23.7 Å². The first kappa shape index (κ1) is 22.7. The Morgan fingerprint density at radius 3 is 2.58 bits per heavy atom. The van der Waals surface area contributed by atoms with Gasteiger partial charge in [0.1, 0.15) is 11.3 Å². The zero-order valence-corrected chi connectivity index (χ0v) is 19.1. The molecule has 0 saturated heterocycles. The quantitative estimate of drug-likeness (QED) is 0.447. The molecule has 3 aromatic rings. The molecule has 1 atom stereocenters. The molecule has 0 fully saturated rings. The summed E-state index contributed by atoms with van der Waals surface area (Å²) in [6.07, 6.45) is 0.894. The van der Waals surface area contributed by atoms with Crippen molar-refractivity contribution < 1.29 is 28.5 Å². The zero-order chi connectivity index (χ0) is 23.7. The molecule has 0 radical (unpaired) electrons. The van der Waals surface area contributed by atoms with Crippen LogP contribution >= 0.6 is 0 Å². The Morgan fingerprint density at radius 1 is 1.15 bits per heavy atom. The van der Waals surface area contributed by atoms with Gasteiger partial charge in [0.2, 0.25) is 0 Å². The van der Waals surface area contributed by atoms with Crippen LogP contribution in [0.1, 0.15) is 34.7 Å². The predicted molar refractivity (Wildman–Crippen MR) is 122 cm³/mol. The van der Waals surface area contributed by atoms with Crippen molar-refractivity contribution in [2.45, 2.75) is 32.4 Å². The van der Waals surface area contributed by atoms with Crippen LogP contribution in [0.25, 0.3) is 11.0 Å². The van der Waals surface area contributed by atoms with Gasteiger partial charge >= 0.3 is 11.6 Å². The van der Waals surface area contributed by atoms with E-state index >= 15 is 0 Å². The summed E-state index contributed by atoms with van der Waals surface area (Å²) in [5, 5.41) is 10.8. The molecule has 8 heteroatoms. The normalized spacial score (nSPS) is 15.8. The minimum Gasteiger partial charge on any atom is -0.508 e. The number of methoxy groups -OCH3 is 3. The molecular formula is C25H27NO7. The van der Waals surface area contributed by atoms with E-state index in [-0.39, 0.29) is 24.2 Å². The Bertz CT molecular complexity index is 1260. The van der Waals surface area contributed by atoms with E-state index in [2.05, 4.69) is 4.90 Å². The molecule has 0 unspecified atom stereocenters. The second kappa shape index (κ2) is 9.15. The highest BCUT2D eigenvalue weighted by Gasteiger charge is 2.31. The number of rotatable bonds is 6. The molecule has 0 saturated carbocycles. The van der Waals surface area contributed by atoms with Crippen LogP contribution in [-0.2, 0) is 22.5 Å². The molecule has 8 nitrogen and oxygen atoms in total. The van der Waals surface area contributed by atoms with Crippen molar-refractivity contribution in [1.82, 2.24) is 4.90 Å². The Balaban J connectivity index is 1.79. The number of carbonyl (C=O) groups excluding carboxylic acids is 1. The van der Waals surface area contributed by atoms with E-state index in [0.717, 1.165) is 28.5 Å². The number of ether oxygens (including phenoxy) is 3. The van der Waals surface area contributed by atoms with E-state index in [1.165, 1.54) is 13.2 Å². The highest BCUT2D eigenvalue weighted by atomic mass is 16.5. The van der Waals surface area contributed by atoms with Gasteiger partial charge in [0.15, 0.2) is 11.5 Å². The summed E-state index contributed by atoms with van der Waals surface area (Å²) in [6.45, 7) is 2.80. The molecule has 2 aromatic carbocycles. The monoisotopic (exact) mass is 453 g/mol. The first-order chi connectivity index (χ1) is 15.9. The van der Waals surface area contributed by atoms with Crippen LogP contribution in [0, 0.1) is 6.92 Å². The number of fused-ring (bicyclic) bond motifs is 2. The van der Waals surface area contributed by atoms with E-state index in [1.807, 2.05) is 12.1 Å². The van der Waals surface area contributed by atoms with Crippen molar-refractivity contribution >= 4 is 16.9 Å². The summed E-state index contributed by atoms with van der Waals surface area (Å²) in [4.78, 5) is 26.8. The standard InChI is InChI=1S/C25H27NO7/c1-14-20(27)6-5-17-16(10-24(29)33-25(14)17)13-26-8-7-15-9-21(30-2)22(31-3)11-18(15)19(26)12-23(28)32-4/h5-6,9-11,19,27H,7-8,12-13H2,1-4H3/t19-/m1/s1. The predicted octanol–water partition coefficient (Wildman–Crippen LogP) is 3.49. The second-order valence-corrected chi connectivity index (χ2v) is 8.10. The lowest BCUT2D eigenvalue weighted by Gasteiger charge is -2.37. The van der Waals surface area contributed by atoms with E-state index in [0.29, 0.717) is 35.7 Å². The Morgan fingerprint density at radius 2 is 1.88 bits per heavy atom. The number of carbonyl (C=O) groups is 1. The van der Waals surface area contributed by atoms with Gasteiger partial charge in [-0.2, -0.15) is 0 Å². The van der Waals surface area contributed by atoms with Gasteiger partial charge in [-0.15, -0.1) is 0 Å². The topological polar surface area (TPSA) is 98.4 Å². The minimum atomic E-state index is -0.487. The number of phenols is 1. The first-order valence-corrected chi connectivity index (χ1v) is 10.7. The molecule has 1 aliphatic rings. The van der Waals surface area contributed by atoms with Gasteiger partial charge in [-0.3, -0.25) is 9.69 Å². The Kier molecular flexibility index (Phi) is 6.29. The molecule has 1 N–H and O–H groups in total. The summed E-state index contributed by atoms with van der Waals surface area (Å²) in [5.74, 6) is 0.971. The van der Waals surface area contributed by atoms with Crippen LogP contribution in [0.15, 0.2) is 39.5 Å². The van der Waals surface area contributed by atoms with Gasteiger partial charge in [-0.05, 0) is 54.3 Å². The number of esters is 1. The average molecular weight is 453 g/mol. The lowest BCUT2D eigenvalue weighted by Crippen LogP contribution is -2.36. The fourth-order valence-corrected chi connectivity index (χ4v) is 4.51. The van der Waals surface area contributed by atoms with Crippen LogP contribution in [-0.4, -0.2) is 43.8 Å². The Hall–Kier alpha value is -3.52. The lowest BCUT2D eigenvalue weighted by molar-refractivity contribution is -0.142. The van der Waals surface area contributed by atoms with Gasteiger partial charge in [0, 0.05) is 36.1 Å². The summed E-state index contributed by atoms with van der Waals surface area (Å²) < 4.78 is 21.3. The van der Waals surface area contributed by atoms with E-state index in [1.54, 1.807) is 33.3 Å². The number of nitrogens with zero attached hydrogens (tertiary/aromatic N) is 1. The smallest absolute Gasteiger partial charge is 0.336 e. The van der Waals surface area contributed by atoms with Gasteiger partial charge in [0.05, 0.1) is 27.8 Å². The first-order valence-electron chi connectivity index (χ1n) is 10.7. The fourth-order valence-electron chi connectivity index (χ4n) is 4.51. The lowest BCUT2D eigenvalue weighted by atomic mass is 9.89. The summed E-state index contributed by atoms with van der Waals surface area (Å²) >= 11 is 0. The molecule has 0 amide bonds. The maximum absolute atomic E-state index is 12.3. The molecule has 2 heterocycles. The molecule has 33 heavy (non-hydrogen) atoms. The van der Waals surface area contributed by atoms with Gasteiger partial charge in [-0.25, -0.2) is 4.79 Å². The van der Waals surface area contributed by atoms with Crippen molar-refractivity contribution in [1.29, 1.82) is 0 Å². The maximum Gasteiger partial charge on any atom is 0.336 e. The number of phenolic OH excluding ortho intramolecular Hbond substituents is 1. The third-order valence-electron chi connectivity index (χ3n) is 6.29. The summed E-state index contributed by atoms with van der Waals surface area (Å²) in [6, 6.07) is 8.40. The number of aryl methyl sites for hydroxylation is 1. The van der Waals surface area contributed by atoms with Gasteiger partial charge in [0.25, 0.3) is 0 Å². The highest BCUT2D eigenvalue weighted by molar-refractivity contribution is 5.84. The van der Waals surface area contributed by atoms with E-state index < -0.39 is 5.63 Å². The maximum atomic E-state index is 12.3. The number of benzene rings is 2. The molecule has 0 bridgehead atoms. The molecular weight excluding hydrogens is 426 g/mol. The highest BCUT2D eigenvalue weighted by Crippen LogP contribution is 2.40. The average Bonchev–Trinajstić information content (AvgIpc) is 2.82. The molecule has 1 aromatic heterocycles. The molecule has 1 aliphatic heterocycles. The van der Waals surface area contributed by atoms with Gasteiger partial charge in [-0.1, -0.05) is 0 Å². The van der Waals surface area contributed by atoms with Crippen LogP contribution in [0.3, 0.4) is 0 Å². The van der Waals surface area contributed by atoms with E-state index in [4.69, 9.17) is 18.6 Å². The van der Waals surface area contributed by atoms with Crippen LogP contribution in [0.4, 0.5) is 0 Å². The number of hydrogen-bond acceptors (Lipinski definition) is 8. The molecule has 4 rings (SSSR count). The molecule has 0 spiro atoms. The van der Waals surface area contributed by atoms with Crippen LogP contribution in [0.2, 0.25) is 0 Å². The van der Waals surface area contributed by atoms with Crippen molar-refractivity contribution in [3.8, 4) is 17.2 Å². The number of hydrogen-bond donors (Lipinski definition) is 1. The van der Waals surface area contributed by atoms with Crippen molar-refractivity contribution in [2.75, 3.05) is 27.9 Å². The summed E-state index contributed by atoms with van der Waals surface area (Å²) in [7, 11) is 4.54. The van der Waals surface area contributed by atoms with Crippen LogP contribution in [0.5, 0.6) is 17.2 Å². The zero-order valence-electron chi connectivity index (χ0n) is 19.1. The largest absolute Gasteiger partial charge is 0.508 e. The van der Waals surface area contributed by atoms with Crippen molar-refractivity contribution in [2.24, 2.45) is 0 Å². The SMILES string of the molecule is COC(=O)C[C@@H]1c2cc(OC)c(OC)cc2CCN1Cc1cc(=O)oc2c(C)c(O)ccc12.